The molecule has 4 nitrogen and oxygen atoms in total. The first-order valence-electron chi connectivity index (χ1n) is 9.67. The van der Waals surface area contributed by atoms with Crippen molar-refractivity contribution in [2.75, 3.05) is 26.2 Å². The van der Waals surface area contributed by atoms with Crippen molar-refractivity contribution in [1.82, 2.24) is 9.80 Å². The Kier molecular flexibility index (Phi) is 6.26. The van der Waals surface area contributed by atoms with Gasteiger partial charge in [-0.05, 0) is 47.7 Å². The number of amides is 1. The Morgan fingerprint density at radius 2 is 1.70 bits per heavy atom. The second-order valence-electron chi connectivity index (χ2n) is 7.51. The highest BCUT2D eigenvalue weighted by Crippen LogP contribution is 2.17. The molecule has 0 bridgehead atoms. The lowest BCUT2D eigenvalue weighted by molar-refractivity contribution is 0.0761. The third kappa shape index (κ3) is 4.96. The lowest BCUT2D eigenvalue weighted by Gasteiger charge is -2.22. The van der Waals surface area contributed by atoms with Gasteiger partial charge in [0.05, 0.1) is 11.6 Å². The summed E-state index contributed by atoms with van der Waals surface area (Å²) in [5.41, 5.74) is 3.93. The van der Waals surface area contributed by atoms with E-state index in [1.807, 2.05) is 41.3 Å². The summed E-state index contributed by atoms with van der Waals surface area (Å²) in [7, 11) is 0. The summed E-state index contributed by atoms with van der Waals surface area (Å²) in [5, 5.41) is 8.91. The molecule has 0 unspecified atom stereocenters. The monoisotopic (exact) mass is 361 g/mol. The number of nitrogens with zero attached hydrogens (tertiary/aromatic N) is 3. The molecule has 3 rings (SSSR count). The molecule has 0 aliphatic carbocycles. The standard InChI is InChI=1S/C23H27N3O/c1-18(2)21-8-10-22(11-9-21)23(27)26-13-3-12-25(14-15-26)17-20-6-4-19(16-24)5-7-20/h4-11,18H,3,12-15,17H2,1-2H3. The molecular formula is C23H27N3O. The molecule has 4 heteroatoms. The molecule has 1 aliphatic rings. The van der Waals surface area contributed by atoms with Crippen LogP contribution >= 0.6 is 0 Å². The highest BCUT2D eigenvalue weighted by molar-refractivity contribution is 5.94. The molecule has 0 saturated carbocycles. The highest BCUT2D eigenvalue weighted by atomic mass is 16.2. The van der Waals surface area contributed by atoms with E-state index < -0.39 is 0 Å². The van der Waals surface area contributed by atoms with E-state index in [9.17, 15) is 4.79 Å². The predicted octanol–water partition coefficient (Wildman–Crippen LogP) is 4.03. The molecule has 140 valence electrons. The largest absolute Gasteiger partial charge is 0.337 e. The van der Waals surface area contributed by atoms with Gasteiger partial charge in [0, 0.05) is 38.3 Å². The summed E-state index contributed by atoms with van der Waals surface area (Å²) >= 11 is 0. The van der Waals surface area contributed by atoms with Gasteiger partial charge in [-0.25, -0.2) is 0 Å². The summed E-state index contributed by atoms with van der Waals surface area (Å²) in [6.45, 7) is 8.58. The van der Waals surface area contributed by atoms with Crippen molar-refractivity contribution < 1.29 is 4.79 Å². The van der Waals surface area contributed by atoms with Gasteiger partial charge in [0.1, 0.15) is 0 Å². The molecular weight excluding hydrogens is 334 g/mol. The summed E-state index contributed by atoms with van der Waals surface area (Å²) in [5.74, 6) is 0.605. The minimum absolute atomic E-state index is 0.130. The minimum Gasteiger partial charge on any atom is -0.337 e. The molecule has 0 spiro atoms. The highest BCUT2D eigenvalue weighted by Gasteiger charge is 2.20. The van der Waals surface area contributed by atoms with E-state index in [1.54, 1.807) is 0 Å². The molecule has 0 radical (unpaired) electrons. The number of carbonyl (C=O) groups is 1. The van der Waals surface area contributed by atoms with Gasteiger partial charge >= 0.3 is 0 Å². The first kappa shape index (κ1) is 19.1. The first-order valence-corrected chi connectivity index (χ1v) is 9.67. The van der Waals surface area contributed by atoms with E-state index in [2.05, 4.69) is 36.9 Å². The van der Waals surface area contributed by atoms with Crippen molar-refractivity contribution in [3.63, 3.8) is 0 Å². The van der Waals surface area contributed by atoms with Crippen LogP contribution in [0.4, 0.5) is 0 Å². The number of hydrogen-bond acceptors (Lipinski definition) is 3. The second-order valence-corrected chi connectivity index (χ2v) is 7.51. The van der Waals surface area contributed by atoms with E-state index in [-0.39, 0.29) is 5.91 Å². The van der Waals surface area contributed by atoms with Crippen molar-refractivity contribution in [3.05, 3.63) is 70.8 Å². The Morgan fingerprint density at radius 3 is 2.33 bits per heavy atom. The van der Waals surface area contributed by atoms with Gasteiger partial charge in [-0.3, -0.25) is 9.69 Å². The van der Waals surface area contributed by atoms with E-state index in [0.29, 0.717) is 11.5 Å². The van der Waals surface area contributed by atoms with Crippen molar-refractivity contribution in [2.45, 2.75) is 32.7 Å². The van der Waals surface area contributed by atoms with Gasteiger partial charge in [-0.15, -0.1) is 0 Å². The Balaban J connectivity index is 1.58. The van der Waals surface area contributed by atoms with Gasteiger partial charge in [-0.2, -0.15) is 5.26 Å². The molecule has 1 fully saturated rings. The summed E-state index contributed by atoms with van der Waals surface area (Å²) in [6.07, 6.45) is 0.978. The number of carbonyl (C=O) groups excluding carboxylic acids is 1. The summed E-state index contributed by atoms with van der Waals surface area (Å²) < 4.78 is 0. The molecule has 2 aromatic carbocycles. The number of nitriles is 1. The fourth-order valence-corrected chi connectivity index (χ4v) is 3.47. The summed E-state index contributed by atoms with van der Waals surface area (Å²) in [6, 6.07) is 18.0. The maximum absolute atomic E-state index is 12.8. The van der Waals surface area contributed by atoms with Gasteiger partial charge in [0.25, 0.3) is 5.91 Å². The lowest BCUT2D eigenvalue weighted by Crippen LogP contribution is -2.35. The van der Waals surface area contributed by atoms with Gasteiger partial charge in [-0.1, -0.05) is 38.1 Å². The van der Waals surface area contributed by atoms with E-state index in [4.69, 9.17) is 5.26 Å². The topological polar surface area (TPSA) is 47.3 Å². The zero-order chi connectivity index (χ0) is 19.2. The minimum atomic E-state index is 0.130. The van der Waals surface area contributed by atoms with E-state index >= 15 is 0 Å². The van der Waals surface area contributed by atoms with Crippen LogP contribution in [0, 0.1) is 11.3 Å². The van der Waals surface area contributed by atoms with Gasteiger partial charge < -0.3 is 4.90 Å². The average Bonchev–Trinajstić information content (AvgIpc) is 2.93. The predicted molar refractivity (Wildman–Crippen MR) is 107 cm³/mol. The van der Waals surface area contributed by atoms with Crippen molar-refractivity contribution in [1.29, 1.82) is 5.26 Å². The molecule has 1 saturated heterocycles. The Bertz CT molecular complexity index is 803. The quantitative estimate of drug-likeness (QED) is 0.826. The Hall–Kier alpha value is -2.64. The first-order chi connectivity index (χ1) is 13.1. The van der Waals surface area contributed by atoms with E-state index in [1.165, 1.54) is 11.1 Å². The van der Waals surface area contributed by atoms with Crippen LogP contribution in [0.25, 0.3) is 0 Å². The van der Waals surface area contributed by atoms with E-state index in [0.717, 1.165) is 44.7 Å². The van der Waals surface area contributed by atoms with Gasteiger partial charge in [0.2, 0.25) is 0 Å². The Morgan fingerprint density at radius 1 is 1.00 bits per heavy atom. The van der Waals surface area contributed by atoms with Crippen LogP contribution < -0.4 is 0 Å². The molecule has 0 N–H and O–H groups in total. The van der Waals surface area contributed by atoms with Crippen LogP contribution in [0.5, 0.6) is 0 Å². The third-order valence-corrected chi connectivity index (χ3v) is 5.19. The SMILES string of the molecule is CC(C)c1ccc(C(=O)N2CCCN(Cc3ccc(C#N)cc3)CC2)cc1. The molecule has 27 heavy (non-hydrogen) atoms. The average molecular weight is 361 g/mol. The second kappa shape index (κ2) is 8.83. The molecule has 0 atom stereocenters. The van der Waals surface area contributed by atoms with Crippen LogP contribution in [0.3, 0.4) is 0 Å². The summed E-state index contributed by atoms with van der Waals surface area (Å²) in [4.78, 5) is 17.2. The fourth-order valence-electron chi connectivity index (χ4n) is 3.47. The molecule has 1 aliphatic heterocycles. The van der Waals surface area contributed by atoms with Crippen molar-refractivity contribution in [3.8, 4) is 6.07 Å². The maximum atomic E-state index is 12.8. The van der Waals surface area contributed by atoms with Crippen LogP contribution in [-0.2, 0) is 6.54 Å². The number of hydrogen-bond donors (Lipinski definition) is 0. The molecule has 0 aromatic heterocycles. The Labute approximate surface area is 162 Å². The third-order valence-electron chi connectivity index (χ3n) is 5.19. The normalized spacial score (nSPS) is 15.4. The van der Waals surface area contributed by atoms with Crippen LogP contribution in [0.15, 0.2) is 48.5 Å². The van der Waals surface area contributed by atoms with Crippen LogP contribution in [0.1, 0.15) is 53.2 Å². The molecule has 2 aromatic rings. The van der Waals surface area contributed by atoms with Crippen molar-refractivity contribution in [2.24, 2.45) is 0 Å². The van der Waals surface area contributed by atoms with Gasteiger partial charge in [0.15, 0.2) is 0 Å². The number of benzene rings is 2. The zero-order valence-corrected chi connectivity index (χ0v) is 16.2. The molecule has 1 heterocycles. The van der Waals surface area contributed by atoms with Crippen LogP contribution in [0.2, 0.25) is 0 Å². The van der Waals surface area contributed by atoms with Crippen LogP contribution in [-0.4, -0.2) is 41.9 Å². The maximum Gasteiger partial charge on any atom is 0.253 e. The smallest absolute Gasteiger partial charge is 0.253 e. The van der Waals surface area contributed by atoms with Crippen molar-refractivity contribution >= 4 is 5.91 Å². The fraction of sp³-hybridized carbons (Fsp3) is 0.391. The molecule has 1 amide bonds. The number of rotatable bonds is 4. The zero-order valence-electron chi connectivity index (χ0n) is 16.2. The lowest BCUT2D eigenvalue weighted by atomic mass is 10.0.